The van der Waals surface area contributed by atoms with Gasteiger partial charge in [-0.3, -0.25) is 0 Å². The van der Waals surface area contributed by atoms with E-state index in [4.69, 9.17) is 4.74 Å². The van der Waals surface area contributed by atoms with Crippen LogP contribution in [0.2, 0.25) is 0 Å². The van der Waals surface area contributed by atoms with Crippen molar-refractivity contribution in [2.75, 3.05) is 13.2 Å². The fourth-order valence-electron chi connectivity index (χ4n) is 2.19. The van der Waals surface area contributed by atoms with Gasteiger partial charge < -0.3 is 10.1 Å². The van der Waals surface area contributed by atoms with Crippen LogP contribution in [-0.2, 0) is 11.2 Å². The Labute approximate surface area is 110 Å². The number of rotatable bonds is 5. The maximum absolute atomic E-state index is 5.78. The molecule has 0 aliphatic carbocycles. The molecule has 1 aliphatic rings. The van der Waals surface area contributed by atoms with E-state index in [9.17, 15) is 0 Å². The summed E-state index contributed by atoms with van der Waals surface area (Å²) in [4.78, 5) is 1.42. The number of ether oxygens (including phenoxy) is 1. The molecular weight excluding hydrogens is 286 g/mol. The van der Waals surface area contributed by atoms with Crippen molar-refractivity contribution in [1.82, 2.24) is 5.32 Å². The molecule has 1 fully saturated rings. The van der Waals surface area contributed by atoms with Gasteiger partial charge in [-0.25, -0.2) is 0 Å². The van der Waals surface area contributed by atoms with Crippen molar-refractivity contribution in [2.24, 2.45) is 0 Å². The fourth-order valence-corrected chi connectivity index (χ4v) is 3.71. The highest BCUT2D eigenvalue weighted by Gasteiger charge is 2.25. The molecule has 0 amide bonds. The fraction of sp³-hybridized carbons (Fsp3) is 0.667. The van der Waals surface area contributed by atoms with Gasteiger partial charge in [0.2, 0.25) is 0 Å². The molecule has 2 atom stereocenters. The van der Waals surface area contributed by atoms with E-state index < -0.39 is 0 Å². The largest absolute Gasteiger partial charge is 0.377 e. The predicted octanol–water partition coefficient (Wildman–Crippen LogP) is 3.21. The first-order chi connectivity index (χ1) is 7.79. The third kappa shape index (κ3) is 3.29. The zero-order valence-corrected chi connectivity index (χ0v) is 11.9. The van der Waals surface area contributed by atoms with E-state index in [1.165, 1.54) is 22.2 Å². The Bertz CT molecular complexity index is 323. The lowest BCUT2D eigenvalue weighted by Crippen LogP contribution is -2.41. The van der Waals surface area contributed by atoms with Crippen LogP contribution in [0.5, 0.6) is 0 Å². The van der Waals surface area contributed by atoms with Gasteiger partial charge in [0.05, 0.1) is 6.10 Å². The molecule has 90 valence electrons. The van der Waals surface area contributed by atoms with Crippen LogP contribution in [0.4, 0.5) is 0 Å². The molecule has 0 spiro atoms. The first-order valence-electron chi connectivity index (χ1n) is 5.87. The average Bonchev–Trinajstić information content (AvgIpc) is 2.88. The van der Waals surface area contributed by atoms with E-state index >= 15 is 0 Å². The van der Waals surface area contributed by atoms with Gasteiger partial charge in [-0.05, 0) is 47.8 Å². The molecule has 1 aromatic rings. The van der Waals surface area contributed by atoms with Crippen LogP contribution in [0.3, 0.4) is 0 Å². The molecule has 0 saturated carbocycles. The van der Waals surface area contributed by atoms with Crippen LogP contribution >= 0.6 is 27.3 Å². The summed E-state index contributed by atoms with van der Waals surface area (Å²) in [6.45, 7) is 4.10. The quantitative estimate of drug-likeness (QED) is 0.902. The summed E-state index contributed by atoms with van der Waals surface area (Å²) in [5.41, 5.74) is 0. The highest BCUT2D eigenvalue weighted by Crippen LogP contribution is 2.24. The van der Waals surface area contributed by atoms with Gasteiger partial charge in [0.1, 0.15) is 0 Å². The Morgan fingerprint density at radius 1 is 1.69 bits per heavy atom. The average molecular weight is 304 g/mol. The molecule has 2 rings (SSSR count). The summed E-state index contributed by atoms with van der Waals surface area (Å²) in [7, 11) is 0. The number of hydrogen-bond acceptors (Lipinski definition) is 3. The monoisotopic (exact) mass is 303 g/mol. The number of nitrogens with one attached hydrogen (secondary N) is 1. The minimum absolute atomic E-state index is 0.404. The normalized spacial score (nSPS) is 22.5. The van der Waals surface area contributed by atoms with E-state index in [2.05, 4.69) is 39.6 Å². The Kier molecular flexibility index (Phi) is 4.82. The lowest BCUT2D eigenvalue weighted by atomic mass is 10.0. The second kappa shape index (κ2) is 6.15. The first kappa shape index (κ1) is 12.6. The van der Waals surface area contributed by atoms with Crippen LogP contribution in [0.1, 0.15) is 24.6 Å². The molecule has 0 aromatic carbocycles. The van der Waals surface area contributed by atoms with Crippen molar-refractivity contribution in [3.05, 3.63) is 20.8 Å². The molecule has 4 heteroatoms. The number of likely N-dealkylation sites (N-methyl/N-ethyl adjacent to an activating group) is 1. The lowest BCUT2D eigenvalue weighted by molar-refractivity contribution is 0.0791. The van der Waals surface area contributed by atoms with E-state index in [0.717, 1.165) is 19.6 Å². The Morgan fingerprint density at radius 2 is 2.56 bits per heavy atom. The third-order valence-electron chi connectivity index (χ3n) is 2.92. The predicted molar refractivity (Wildman–Crippen MR) is 72.2 cm³/mol. The molecule has 1 saturated heterocycles. The molecule has 1 aromatic heterocycles. The van der Waals surface area contributed by atoms with Gasteiger partial charge in [0.15, 0.2) is 0 Å². The minimum atomic E-state index is 0.404. The van der Waals surface area contributed by atoms with Gasteiger partial charge in [-0.15, -0.1) is 11.3 Å². The topological polar surface area (TPSA) is 21.3 Å². The van der Waals surface area contributed by atoms with Crippen LogP contribution < -0.4 is 5.32 Å². The molecule has 0 bridgehead atoms. The number of thiophene rings is 1. The summed E-state index contributed by atoms with van der Waals surface area (Å²) >= 11 is 5.32. The van der Waals surface area contributed by atoms with Gasteiger partial charge in [-0.2, -0.15) is 0 Å². The molecular formula is C12H18BrNOS. The van der Waals surface area contributed by atoms with E-state index in [0.29, 0.717) is 12.1 Å². The van der Waals surface area contributed by atoms with Crippen molar-refractivity contribution in [2.45, 2.75) is 38.3 Å². The smallest absolute Gasteiger partial charge is 0.0732 e. The molecule has 2 nitrogen and oxygen atoms in total. The highest BCUT2D eigenvalue weighted by molar-refractivity contribution is 9.10. The standard InChI is InChI=1S/C12H18BrNOS/c1-2-14-11(12-4-3-5-15-12)7-10-6-9(13)8-16-10/h6,8,11-12,14H,2-5,7H2,1H3. The lowest BCUT2D eigenvalue weighted by Gasteiger charge is -2.23. The molecule has 2 heterocycles. The van der Waals surface area contributed by atoms with E-state index in [1.54, 1.807) is 0 Å². The Hall–Kier alpha value is 0.1000. The second-order valence-electron chi connectivity index (χ2n) is 4.15. The Morgan fingerprint density at radius 3 is 3.12 bits per heavy atom. The zero-order chi connectivity index (χ0) is 11.4. The van der Waals surface area contributed by atoms with Gasteiger partial charge in [-0.1, -0.05) is 6.92 Å². The molecule has 16 heavy (non-hydrogen) atoms. The van der Waals surface area contributed by atoms with Crippen molar-refractivity contribution in [3.63, 3.8) is 0 Å². The van der Waals surface area contributed by atoms with Crippen molar-refractivity contribution in [1.29, 1.82) is 0 Å². The molecule has 2 unspecified atom stereocenters. The van der Waals surface area contributed by atoms with Crippen molar-refractivity contribution in [3.8, 4) is 0 Å². The highest BCUT2D eigenvalue weighted by atomic mass is 79.9. The van der Waals surface area contributed by atoms with Crippen LogP contribution in [-0.4, -0.2) is 25.3 Å². The molecule has 1 aliphatic heterocycles. The van der Waals surface area contributed by atoms with Gasteiger partial charge in [0, 0.05) is 27.4 Å². The first-order valence-corrected chi connectivity index (χ1v) is 7.54. The third-order valence-corrected chi connectivity index (χ3v) is 4.64. The van der Waals surface area contributed by atoms with E-state index in [-0.39, 0.29) is 0 Å². The SMILES string of the molecule is CCNC(Cc1cc(Br)cs1)C1CCCO1. The summed E-state index contributed by atoms with van der Waals surface area (Å²) in [6, 6.07) is 2.68. The van der Waals surface area contributed by atoms with Gasteiger partial charge in [0.25, 0.3) is 0 Å². The van der Waals surface area contributed by atoms with Gasteiger partial charge >= 0.3 is 0 Å². The second-order valence-corrected chi connectivity index (χ2v) is 6.06. The molecule has 1 N–H and O–H groups in total. The minimum Gasteiger partial charge on any atom is -0.377 e. The zero-order valence-electron chi connectivity index (χ0n) is 9.54. The van der Waals surface area contributed by atoms with Crippen LogP contribution in [0.15, 0.2) is 15.9 Å². The van der Waals surface area contributed by atoms with E-state index in [1.807, 2.05) is 11.3 Å². The maximum Gasteiger partial charge on any atom is 0.0732 e. The van der Waals surface area contributed by atoms with Crippen molar-refractivity contribution >= 4 is 27.3 Å². The van der Waals surface area contributed by atoms with Crippen LogP contribution in [0, 0.1) is 0 Å². The number of hydrogen-bond donors (Lipinski definition) is 1. The summed E-state index contributed by atoms with van der Waals surface area (Å²) < 4.78 is 6.97. The summed E-state index contributed by atoms with van der Waals surface area (Å²) in [6.07, 6.45) is 3.89. The Balaban J connectivity index is 1.96. The van der Waals surface area contributed by atoms with Crippen molar-refractivity contribution < 1.29 is 4.74 Å². The van der Waals surface area contributed by atoms with Crippen LogP contribution in [0.25, 0.3) is 0 Å². The summed E-state index contributed by atoms with van der Waals surface area (Å²) in [5.74, 6) is 0. The summed E-state index contributed by atoms with van der Waals surface area (Å²) in [5, 5.41) is 5.70. The maximum atomic E-state index is 5.78. The number of halogens is 1. The molecule has 0 radical (unpaired) electrons.